The van der Waals surface area contributed by atoms with Crippen LogP contribution in [-0.4, -0.2) is 33.9 Å². The Morgan fingerprint density at radius 1 is 1.56 bits per heavy atom. The first-order valence-corrected chi connectivity index (χ1v) is 5.69. The molecule has 2 unspecified atom stereocenters. The molecule has 0 spiro atoms. The number of aliphatic hydroxyl groups excluding tert-OH is 2. The zero-order valence-corrected chi connectivity index (χ0v) is 10.5. The summed E-state index contributed by atoms with van der Waals surface area (Å²) >= 11 is 0. The van der Waals surface area contributed by atoms with Gasteiger partial charge in [0.25, 0.3) is 0 Å². The number of nitrogens with zero attached hydrogens (tertiary/aromatic N) is 1. The van der Waals surface area contributed by atoms with Crippen LogP contribution in [0.15, 0.2) is 12.3 Å². The lowest BCUT2D eigenvalue weighted by atomic mass is 10.0. The Hall–Kier alpha value is -1.66. The lowest BCUT2D eigenvalue weighted by Crippen LogP contribution is -2.23. The number of esters is 1. The summed E-state index contributed by atoms with van der Waals surface area (Å²) in [5.41, 5.74) is 7.10. The van der Waals surface area contributed by atoms with E-state index in [0.29, 0.717) is 16.9 Å². The van der Waals surface area contributed by atoms with Crippen molar-refractivity contribution in [1.29, 1.82) is 0 Å². The van der Waals surface area contributed by atoms with E-state index < -0.39 is 18.2 Å². The third kappa shape index (κ3) is 3.68. The molecule has 1 aromatic rings. The maximum absolute atomic E-state index is 11.2. The van der Waals surface area contributed by atoms with Crippen LogP contribution in [0, 0.1) is 6.92 Å². The molecule has 100 valence electrons. The SMILES string of the molecule is CCOC(=O)CC(O)C(O)c1cnc(C)c(N)c1. The summed E-state index contributed by atoms with van der Waals surface area (Å²) in [6.45, 7) is 3.65. The predicted molar refractivity (Wildman–Crippen MR) is 65.6 cm³/mol. The summed E-state index contributed by atoms with van der Waals surface area (Å²) in [7, 11) is 0. The van der Waals surface area contributed by atoms with Gasteiger partial charge in [-0.15, -0.1) is 0 Å². The van der Waals surface area contributed by atoms with Gasteiger partial charge >= 0.3 is 5.97 Å². The molecule has 1 rings (SSSR count). The minimum absolute atomic E-state index is 0.237. The van der Waals surface area contributed by atoms with E-state index in [2.05, 4.69) is 4.98 Å². The first-order valence-electron chi connectivity index (χ1n) is 5.69. The number of hydrogen-bond acceptors (Lipinski definition) is 6. The highest BCUT2D eigenvalue weighted by Gasteiger charge is 2.22. The van der Waals surface area contributed by atoms with Crippen LogP contribution in [0.3, 0.4) is 0 Å². The topological polar surface area (TPSA) is 106 Å². The summed E-state index contributed by atoms with van der Waals surface area (Å²) in [5.74, 6) is -0.558. The molecule has 0 bridgehead atoms. The number of ether oxygens (including phenoxy) is 1. The fourth-order valence-electron chi connectivity index (χ4n) is 1.45. The van der Waals surface area contributed by atoms with E-state index in [-0.39, 0.29) is 13.0 Å². The lowest BCUT2D eigenvalue weighted by molar-refractivity contribution is -0.147. The van der Waals surface area contributed by atoms with Crippen molar-refractivity contribution in [3.8, 4) is 0 Å². The Labute approximate surface area is 105 Å². The zero-order valence-electron chi connectivity index (χ0n) is 10.5. The highest BCUT2D eigenvalue weighted by Crippen LogP contribution is 2.21. The van der Waals surface area contributed by atoms with Crippen molar-refractivity contribution in [1.82, 2.24) is 4.98 Å². The molecule has 6 nitrogen and oxygen atoms in total. The number of rotatable bonds is 5. The monoisotopic (exact) mass is 254 g/mol. The molecule has 0 radical (unpaired) electrons. The number of carbonyl (C=O) groups excluding carboxylic acids is 1. The van der Waals surface area contributed by atoms with Gasteiger partial charge in [0.1, 0.15) is 6.10 Å². The summed E-state index contributed by atoms with van der Waals surface area (Å²) in [4.78, 5) is 15.2. The molecule has 0 aliphatic carbocycles. The van der Waals surface area contributed by atoms with Crippen molar-refractivity contribution in [3.05, 3.63) is 23.5 Å². The van der Waals surface area contributed by atoms with Gasteiger partial charge in [0, 0.05) is 11.8 Å². The summed E-state index contributed by atoms with van der Waals surface area (Å²) in [6.07, 6.45) is -1.31. The number of pyridine rings is 1. The van der Waals surface area contributed by atoms with Crippen LogP contribution in [0.25, 0.3) is 0 Å². The first-order chi connectivity index (χ1) is 8.45. The Morgan fingerprint density at radius 3 is 2.78 bits per heavy atom. The number of nitrogens with two attached hydrogens (primary N) is 1. The average Bonchev–Trinajstić information content (AvgIpc) is 2.32. The van der Waals surface area contributed by atoms with Gasteiger partial charge in [-0.05, 0) is 19.9 Å². The minimum atomic E-state index is -1.24. The van der Waals surface area contributed by atoms with E-state index in [9.17, 15) is 15.0 Å². The van der Waals surface area contributed by atoms with Crippen molar-refractivity contribution in [3.63, 3.8) is 0 Å². The van der Waals surface area contributed by atoms with Crippen LogP contribution < -0.4 is 5.73 Å². The summed E-state index contributed by atoms with van der Waals surface area (Å²) < 4.78 is 4.69. The Morgan fingerprint density at radius 2 is 2.22 bits per heavy atom. The second-order valence-electron chi connectivity index (χ2n) is 3.96. The maximum Gasteiger partial charge on any atom is 0.308 e. The molecule has 1 heterocycles. The van der Waals surface area contributed by atoms with Gasteiger partial charge in [-0.3, -0.25) is 9.78 Å². The lowest BCUT2D eigenvalue weighted by Gasteiger charge is -2.17. The third-order valence-corrected chi connectivity index (χ3v) is 2.53. The number of aryl methyl sites for hydroxylation is 1. The molecular formula is C12H18N2O4. The van der Waals surface area contributed by atoms with E-state index in [1.807, 2.05) is 0 Å². The molecule has 0 saturated heterocycles. The number of hydrogen-bond donors (Lipinski definition) is 3. The van der Waals surface area contributed by atoms with Crippen molar-refractivity contribution >= 4 is 11.7 Å². The molecule has 1 aromatic heterocycles. The number of nitrogen functional groups attached to an aromatic ring is 1. The molecule has 0 aliphatic rings. The molecule has 0 fully saturated rings. The maximum atomic E-state index is 11.2. The summed E-state index contributed by atoms with van der Waals surface area (Å²) in [5, 5.41) is 19.6. The smallest absolute Gasteiger partial charge is 0.308 e. The van der Waals surface area contributed by atoms with Gasteiger partial charge in [-0.2, -0.15) is 0 Å². The van der Waals surface area contributed by atoms with Crippen molar-refractivity contribution in [2.24, 2.45) is 0 Å². The Kier molecular flexibility index (Phi) is 5.06. The number of anilines is 1. The van der Waals surface area contributed by atoms with Gasteiger partial charge in [0.05, 0.1) is 30.5 Å². The van der Waals surface area contributed by atoms with E-state index >= 15 is 0 Å². The predicted octanol–water partition coefficient (Wildman–Crippen LogP) is 0.320. The Bertz CT molecular complexity index is 423. The highest BCUT2D eigenvalue weighted by atomic mass is 16.5. The third-order valence-electron chi connectivity index (χ3n) is 2.53. The molecule has 0 amide bonds. The molecule has 0 saturated carbocycles. The van der Waals surface area contributed by atoms with Crippen molar-refractivity contribution < 1.29 is 19.7 Å². The van der Waals surface area contributed by atoms with E-state index in [1.54, 1.807) is 13.8 Å². The van der Waals surface area contributed by atoms with Gasteiger partial charge in [0.2, 0.25) is 0 Å². The summed E-state index contributed by atoms with van der Waals surface area (Å²) in [6, 6.07) is 1.53. The van der Waals surface area contributed by atoms with Crippen LogP contribution in [0.4, 0.5) is 5.69 Å². The van der Waals surface area contributed by atoms with Crippen LogP contribution >= 0.6 is 0 Å². The van der Waals surface area contributed by atoms with E-state index in [4.69, 9.17) is 10.5 Å². The minimum Gasteiger partial charge on any atom is -0.466 e. The van der Waals surface area contributed by atoms with E-state index in [1.165, 1.54) is 12.3 Å². The number of carbonyl (C=O) groups is 1. The zero-order chi connectivity index (χ0) is 13.7. The molecular weight excluding hydrogens is 236 g/mol. The van der Waals surface area contributed by atoms with Gasteiger partial charge in [-0.1, -0.05) is 0 Å². The Balaban J connectivity index is 2.70. The molecule has 0 aromatic carbocycles. The van der Waals surface area contributed by atoms with Crippen molar-refractivity contribution in [2.45, 2.75) is 32.5 Å². The van der Waals surface area contributed by atoms with Crippen LogP contribution in [0.5, 0.6) is 0 Å². The molecule has 18 heavy (non-hydrogen) atoms. The second-order valence-corrected chi connectivity index (χ2v) is 3.96. The van der Waals surface area contributed by atoms with Crippen molar-refractivity contribution in [2.75, 3.05) is 12.3 Å². The molecule has 0 aliphatic heterocycles. The molecule has 6 heteroatoms. The quantitative estimate of drug-likeness (QED) is 0.653. The number of aliphatic hydroxyl groups is 2. The highest BCUT2D eigenvalue weighted by molar-refractivity contribution is 5.70. The normalized spacial score (nSPS) is 14.0. The second kappa shape index (κ2) is 6.32. The van der Waals surface area contributed by atoms with E-state index in [0.717, 1.165) is 0 Å². The standard InChI is InChI=1S/C12H18N2O4/c1-3-18-11(16)5-10(15)12(17)8-4-9(13)7(2)14-6-8/h4,6,10,12,15,17H,3,5,13H2,1-2H3. The average molecular weight is 254 g/mol. The van der Waals surface area contributed by atoms with Crippen LogP contribution in [0.1, 0.15) is 30.7 Å². The van der Waals surface area contributed by atoms with Gasteiger partial charge in [0.15, 0.2) is 0 Å². The fourth-order valence-corrected chi connectivity index (χ4v) is 1.45. The van der Waals surface area contributed by atoms with Gasteiger partial charge in [-0.25, -0.2) is 0 Å². The largest absolute Gasteiger partial charge is 0.466 e. The number of aromatic nitrogens is 1. The molecule has 2 atom stereocenters. The van der Waals surface area contributed by atoms with Crippen LogP contribution in [0.2, 0.25) is 0 Å². The fraction of sp³-hybridized carbons (Fsp3) is 0.500. The first kappa shape index (κ1) is 14.4. The molecule has 4 N–H and O–H groups in total. The van der Waals surface area contributed by atoms with Crippen LogP contribution in [-0.2, 0) is 9.53 Å². The van der Waals surface area contributed by atoms with Gasteiger partial charge < -0.3 is 20.7 Å².